The zero-order chi connectivity index (χ0) is 11.5. The third kappa shape index (κ3) is 2.17. The average molecular weight is 235 g/mol. The molecule has 0 unspecified atom stereocenters. The second-order valence-electron chi connectivity index (χ2n) is 3.26. The van der Waals surface area contributed by atoms with Crippen molar-refractivity contribution in [2.45, 2.75) is 6.92 Å². The predicted molar refractivity (Wildman–Crippen MR) is 60.7 cm³/mol. The summed E-state index contributed by atoms with van der Waals surface area (Å²) < 4.78 is 3.59. The van der Waals surface area contributed by atoms with Crippen molar-refractivity contribution >= 4 is 23.1 Å². The molecule has 16 heavy (non-hydrogen) atoms. The first-order valence-corrected chi connectivity index (χ1v) is 5.38. The molecule has 0 saturated heterocycles. The SMILES string of the molecule is Cc1ccc(NC(=O)c2csnn2)c(O)c1. The molecule has 82 valence electrons. The first-order valence-electron chi connectivity index (χ1n) is 4.55. The number of phenolic OH excluding ortho intramolecular Hbond substituents is 1. The van der Waals surface area contributed by atoms with Crippen LogP contribution in [-0.2, 0) is 0 Å². The van der Waals surface area contributed by atoms with Crippen LogP contribution >= 0.6 is 11.5 Å². The van der Waals surface area contributed by atoms with Crippen molar-refractivity contribution in [1.29, 1.82) is 0 Å². The lowest BCUT2D eigenvalue weighted by Gasteiger charge is -2.05. The van der Waals surface area contributed by atoms with E-state index in [1.54, 1.807) is 23.6 Å². The molecule has 0 bridgehead atoms. The number of aromatic nitrogens is 2. The van der Waals surface area contributed by atoms with Gasteiger partial charge in [-0.15, -0.1) is 5.10 Å². The second-order valence-corrected chi connectivity index (χ2v) is 3.87. The van der Waals surface area contributed by atoms with Gasteiger partial charge < -0.3 is 10.4 Å². The molecule has 2 N–H and O–H groups in total. The van der Waals surface area contributed by atoms with Crippen LogP contribution in [0.25, 0.3) is 0 Å². The first-order chi connectivity index (χ1) is 7.66. The summed E-state index contributed by atoms with van der Waals surface area (Å²) in [6.07, 6.45) is 0. The lowest BCUT2D eigenvalue weighted by molar-refractivity contribution is 0.102. The Morgan fingerprint density at radius 3 is 2.94 bits per heavy atom. The van der Waals surface area contributed by atoms with E-state index >= 15 is 0 Å². The fourth-order valence-corrected chi connectivity index (χ4v) is 1.63. The molecule has 0 aliphatic carbocycles. The smallest absolute Gasteiger partial charge is 0.277 e. The molecule has 5 nitrogen and oxygen atoms in total. The Morgan fingerprint density at radius 1 is 1.50 bits per heavy atom. The monoisotopic (exact) mass is 235 g/mol. The quantitative estimate of drug-likeness (QED) is 0.778. The third-order valence-electron chi connectivity index (χ3n) is 1.99. The van der Waals surface area contributed by atoms with Crippen molar-refractivity contribution < 1.29 is 9.90 Å². The van der Waals surface area contributed by atoms with Crippen LogP contribution in [0.2, 0.25) is 0 Å². The van der Waals surface area contributed by atoms with Gasteiger partial charge in [0.2, 0.25) is 0 Å². The third-order valence-corrected chi connectivity index (χ3v) is 2.50. The van der Waals surface area contributed by atoms with E-state index in [9.17, 15) is 9.90 Å². The summed E-state index contributed by atoms with van der Waals surface area (Å²) in [7, 11) is 0. The average Bonchev–Trinajstić information content (AvgIpc) is 2.75. The molecule has 0 aliphatic heterocycles. The summed E-state index contributed by atoms with van der Waals surface area (Å²) >= 11 is 1.10. The lowest BCUT2D eigenvalue weighted by Crippen LogP contribution is -2.12. The number of aromatic hydroxyl groups is 1. The van der Waals surface area contributed by atoms with E-state index in [1.165, 1.54) is 0 Å². The highest BCUT2D eigenvalue weighted by Crippen LogP contribution is 2.24. The van der Waals surface area contributed by atoms with Crippen molar-refractivity contribution in [2.75, 3.05) is 5.32 Å². The van der Waals surface area contributed by atoms with Crippen LogP contribution < -0.4 is 5.32 Å². The first kappa shape index (κ1) is 10.6. The second kappa shape index (κ2) is 4.28. The van der Waals surface area contributed by atoms with Crippen LogP contribution in [0.4, 0.5) is 5.69 Å². The summed E-state index contributed by atoms with van der Waals surface area (Å²) in [5, 5.41) is 17.3. The molecule has 0 radical (unpaired) electrons. The van der Waals surface area contributed by atoms with E-state index in [-0.39, 0.29) is 17.4 Å². The van der Waals surface area contributed by atoms with Gasteiger partial charge in [-0.05, 0) is 36.2 Å². The van der Waals surface area contributed by atoms with Crippen LogP contribution in [0.15, 0.2) is 23.6 Å². The van der Waals surface area contributed by atoms with Crippen molar-refractivity contribution in [2.24, 2.45) is 0 Å². The Kier molecular flexibility index (Phi) is 2.82. The van der Waals surface area contributed by atoms with Crippen molar-refractivity contribution in [3.8, 4) is 5.75 Å². The maximum Gasteiger partial charge on any atom is 0.277 e. The van der Waals surface area contributed by atoms with Gasteiger partial charge in [0, 0.05) is 5.38 Å². The van der Waals surface area contributed by atoms with E-state index in [2.05, 4.69) is 14.9 Å². The minimum absolute atomic E-state index is 0.0385. The van der Waals surface area contributed by atoms with E-state index in [0.29, 0.717) is 5.69 Å². The van der Waals surface area contributed by atoms with E-state index in [4.69, 9.17) is 0 Å². The van der Waals surface area contributed by atoms with Gasteiger partial charge in [-0.3, -0.25) is 4.79 Å². The summed E-state index contributed by atoms with van der Waals surface area (Å²) in [6.45, 7) is 1.86. The van der Waals surface area contributed by atoms with Gasteiger partial charge in [-0.25, -0.2) is 0 Å². The maximum atomic E-state index is 11.6. The molecule has 6 heteroatoms. The van der Waals surface area contributed by atoms with Gasteiger partial charge in [-0.2, -0.15) is 0 Å². The minimum atomic E-state index is -0.382. The molecule has 0 saturated carbocycles. The zero-order valence-electron chi connectivity index (χ0n) is 8.47. The highest BCUT2D eigenvalue weighted by molar-refractivity contribution is 7.03. The van der Waals surface area contributed by atoms with Crippen LogP contribution in [0.1, 0.15) is 16.1 Å². The number of nitrogens with one attached hydrogen (secondary N) is 1. The topological polar surface area (TPSA) is 75.1 Å². The highest BCUT2D eigenvalue weighted by atomic mass is 32.1. The molecule has 2 aromatic rings. The number of carbonyl (C=O) groups excluding carboxylic acids is 1. The molecular weight excluding hydrogens is 226 g/mol. The number of carbonyl (C=O) groups is 1. The molecule has 1 amide bonds. The van der Waals surface area contributed by atoms with Gasteiger partial charge in [-0.1, -0.05) is 10.6 Å². The van der Waals surface area contributed by atoms with Gasteiger partial charge in [0.25, 0.3) is 5.91 Å². The van der Waals surface area contributed by atoms with Gasteiger partial charge in [0.05, 0.1) is 5.69 Å². The number of benzene rings is 1. The molecule has 0 spiro atoms. The Balaban J connectivity index is 2.18. The predicted octanol–water partition coefficient (Wildman–Crippen LogP) is 1.80. The fraction of sp³-hybridized carbons (Fsp3) is 0.100. The lowest BCUT2D eigenvalue weighted by atomic mass is 10.2. The van der Waals surface area contributed by atoms with Crippen molar-refractivity contribution in [3.05, 3.63) is 34.8 Å². The molecule has 0 atom stereocenters. The molecular formula is C10H9N3O2S. The number of phenols is 1. The molecule has 1 aromatic heterocycles. The summed E-state index contributed by atoms with van der Waals surface area (Å²) in [5.74, 6) is -0.343. The molecule has 2 rings (SSSR count). The number of hydrogen-bond donors (Lipinski definition) is 2. The standard InChI is InChI=1S/C10H9N3O2S/c1-6-2-3-7(9(14)4-6)11-10(15)8-5-16-13-12-8/h2-5,14H,1H3,(H,11,15). The van der Waals surface area contributed by atoms with Gasteiger partial charge in [0.1, 0.15) is 5.75 Å². The van der Waals surface area contributed by atoms with Gasteiger partial charge >= 0.3 is 0 Å². The van der Waals surface area contributed by atoms with Crippen LogP contribution in [0, 0.1) is 6.92 Å². The number of aryl methyl sites for hydroxylation is 1. The maximum absolute atomic E-state index is 11.6. The number of hydrogen-bond acceptors (Lipinski definition) is 5. The highest BCUT2D eigenvalue weighted by Gasteiger charge is 2.11. The number of rotatable bonds is 2. The number of anilines is 1. The van der Waals surface area contributed by atoms with Crippen molar-refractivity contribution in [1.82, 2.24) is 9.59 Å². The Hall–Kier alpha value is -1.95. The molecule has 0 fully saturated rings. The molecule has 1 aromatic carbocycles. The Labute approximate surface area is 95.9 Å². The van der Waals surface area contributed by atoms with Crippen LogP contribution in [-0.4, -0.2) is 20.6 Å². The molecule has 1 heterocycles. The number of nitrogens with zero attached hydrogens (tertiary/aromatic N) is 2. The largest absolute Gasteiger partial charge is 0.506 e. The molecule has 0 aliphatic rings. The normalized spacial score (nSPS) is 10.1. The van der Waals surface area contributed by atoms with E-state index in [1.807, 2.05) is 6.92 Å². The van der Waals surface area contributed by atoms with Crippen molar-refractivity contribution in [3.63, 3.8) is 0 Å². The Bertz CT molecular complexity index is 511. The summed E-state index contributed by atoms with van der Waals surface area (Å²) in [5.41, 5.74) is 1.53. The summed E-state index contributed by atoms with van der Waals surface area (Å²) in [4.78, 5) is 11.6. The number of amides is 1. The summed E-state index contributed by atoms with van der Waals surface area (Å²) in [6, 6.07) is 5.02. The Morgan fingerprint density at radius 2 is 2.31 bits per heavy atom. The van der Waals surface area contributed by atoms with Crippen LogP contribution in [0.3, 0.4) is 0 Å². The fourth-order valence-electron chi connectivity index (χ4n) is 1.20. The van der Waals surface area contributed by atoms with E-state index < -0.39 is 0 Å². The van der Waals surface area contributed by atoms with Gasteiger partial charge in [0.15, 0.2) is 5.69 Å². The van der Waals surface area contributed by atoms with E-state index in [0.717, 1.165) is 17.1 Å². The zero-order valence-corrected chi connectivity index (χ0v) is 9.28. The minimum Gasteiger partial charge on any atom is -0.506 e. The van der Waals surface area contributed by atoms with Crippen LogP contribution in [0.5, 0.6) is 5.75 Å².